The molecule has 1 aliphatic heterocycles. The molecule has 3 rings (SSSR count). The first kappa shape index (κ1) is 15.9. The number of likely N-dealkylation sites (tertiary alicyclic amines) is 1. The van der Waals surface area contributed by atoms with Crippen molar-refractivity contribution in [3.63, 3.8) is 0 Å². The minimum absolute atomic E-state index is 0.0479. The zero-order valence-corrected chi connectivity index (χ0v) is 14.4. The highest BCUT2D eigenvalue weighted by atomic mass is 79.9. The zero-order valence-electron chi connectivity index (χ0n) is 12.8. The first-order chi connectivity index (χ1) is 11.1. The van der Waals surface area contributed by atoms with Crippen LogP contribution in [-0.2, 0) is 4.79 Å². The van der Waals surface area contributed by atoms with Crippen molar-refractivity contribution < 1.29 is 9.59 Å². The third kappa shape index (κ3) is 3.36. The monoisotopic (exact) mass is 379 g/mol. The molecule has 23 heavy (non-hydrogen) atoms. The lowest BCUT2D eigenvalue weighted by Gasteiger charge is -2.31. The van der Waals surface area contributed by atoms with Gasteiger partial charge >= 0.3 is 0 Å². The number of piperidine rings is 1. The van der Waals surface area contributed by atoms with Crippen molar-refractivity contribution in [1.29, 1.82) is 0 Å². The first-order valence-corrected chi connectivity index (χ1v) is 8.36. The fourth-order valence-corrected chi connectivity index (χ4v) is 3.17. The minimum atomic E-state index is -0.0479. The van der Waals surface area contributed by atoms with Crippen LogP contribution < -0.4 is 5.32 Å². The molecule has 1 saturated heterocycles. The Morgan fingerprint density at radius 3 is 2.78 bits per heavy atom. The molecule has 2 aromatic heterocycles. The van der Waals surface area contributed by atoms with Gasteiger partial charge in [0.15, 0.2) is 5.65 Å². The molecule has 7 nitrogen and oxygen atoms in total. The minimum Gasteiger partial charge on any atom is -0.359 e. The zero-order chi connectivity index (χ0) is 16.4. The normalized spacial score (nSPS) is 15.8. The molecule has 1 aliphatic rings. The molecule has 0 aromatic carbocycles. The van der Waals surface area contributed by atoms with E-state index in [-0.39, 0.29) is 11.8 Å². The average molecular weight is 380 g/mol. The lowest BCUT2D eigenvalue weighted by molar-refractivity contribution is -0.121. The number of nitrogens with one attached hydrogen (secondary N) is 1. The SMILES string of the molecule is CNC(=O)CC1CCN(C(=O)c2cnn3cc(Br)cnc23)CC1. The molecule has 0 spiro atoms. The summed E-state index contributed by atoms with van der Waals surface area (Å²) in [5, 5.41) is 6.84. The molecule has 0 atom stereocenters. The smallest absolute Gasteiger partial charge is 0.259 e. The van der Waals surface area contributed by atoms with Crippen molar-refractivity contribution in [3.8, 4) is 0 Å². The fraction of sp³-hybridized carbons (Fsp3) is 0.467. The van der Waals surface area contributed by atoms with Crippen molar-refractivity contribution in [1.82, 2.24) is 24.8 Å². The number of carbonyl (C=O) groups excluding carboxylic acids is 2. The van der Waals surface area contributed by atoms with Crippen LogP contribution in [0.2, 0.25) is 0 Å². The molecule has 8 heteroatoms. The average Bonchev–Trinajstić information content (AvgIpc) is 2.97. The summed E-state index contributed by atoms with van der Waals surface area (Å²) in [5.41, 5.74) is 1.08. The van der Waals surface area contributed by atoms with E-state index < -0.39 is 0 Å². The van der Waals surface area contributed by atoms with Crippen LogP contribution in [-0.4, -0.2) is 51.4 Å². The van der Waals surface area contributed by atoms with Crippen LogP contribution in [0.3, 0.4) is 0 Å². The van der Waals surface area contributed by atoms with Gasteiger partial charge in [-0.05, 0) is 34.7 Å². The molecule has 3 heterocycles. The van der Waals surface area contributed by atoms with Crippen molar-refractivity contribution in [2.45, 2.75) is 19.3 Å². The summed E-state index contributed by atoms with van der Waals surface area (Å²) >= 11 is 3.34. The number of rotatable bonds is 3. The van der Waals surface area contributed by atoms with Crippen molar-refractivity contribution in [2.24, 2.45) is 5.92 Å². The van der Waals surface area contributed by atoms with Gasteiger partial charge < -0.3 is 10.2 Å². The Labute approximate surface area is 142 Å². The van der Waals surface area contributed by atoms with E-state index in [0.29, 0.717) is 36.6 Å². The summed E-state index contributed by atoms with van der Waals surface area (Å²) in [4.78, 5) is 30.2. The topological polar surface area (TPSA) is 79.6 Å². The van der Waals surface area contributed by atoms with Gasteiger partial charge in [-0.1, -0.05) is 0 Å². The number of halogens is 1. The number of hydrogen-bond donors (Lipinski definition) is 1. The first-order valence-electron chi connectivity index (χ1n) is 7.57. The quantitative estimate of drug-likeness (QED) is 0.875. The second-order valence-corrected chi connectivity index (χ2v) is 6.63. The Kier molecular flexibility index (Phi) is 4.61. The van der Waals surface area contributed by atoms with Gasteiger partial charge in [0.05, 0.1) is 10.7 Å². The van der Waals surface area contributed by atoms with Gasteiger partial charge in [0.2, 0.25) is 5.91 Å². The number of carbonyl (C=O) groups is 2. The number of fused-ring (bicyclic) bond motifs is 1. The number of aromatic nitrogens is 3. The van der Waals surface area contributed by atoms with E-state index in [1.807, 2.05) is 4.90 Å². The predicted octanol–water partition coefficient (Wildman–Crippen LogP) is 1.48. The Bertz CT molecular complexity index is 737. The van der Waals surface area contributed by atoms with Gasteiger partial charge in [0.25, 0.3) is 5.91 Å². The Hall–Kier alpha value is -1.96. The molecule has 0 radical (unpaired) electrons. The van der Waals surface area contributed by atoms with Crippen LogP contribution in [0.25, 0.3) is 5.65 Å². The van der Waals surface area contributed by atoms with Crippen molar-refractivity contribution in [2.75, 3.05) is 20.1 Å². The van der Waals surface area contributed by atoms with Gasteiger partial charge in [-0.3, -0.25) is 9.59 Å². The fourth-order valence-electron chi connectivity index (χ4n) is 2.88. The molecule has 1 fully saturated rings. The molecule has 0 saturated carbocycles. The summed E-state index contributed by atoms with van der Waals surface area (Å²) in [6.07, 6.45) is 7.21. The molecule has 1 N–H and O–H groups in total. The highest BCUT2D eigenvalue weighted by molar-refractivity contribution is 9.10. The lowest BCUT2D eigenvalue weighted by Crippen LogP contribution is -2.39. The summed E-state index contributed by atoms with van der Waals surface area (Å²) in [6, 6.07) is 0. The molecule has 2 amide bonds. The van der Waals surface area contributed by atoms with Crippen molar-refractivity contribution in [3.05, 3.63) is 28.6 Å². The van der Waals surface area contributed by atoms with E-state index >= 15 is 0 Å². The molecule has 0 unspecified atom stereocenters. The molecule has 2 aromatic rings. The van der Waals surface area contributed by atoms with Gasteiger partial charge in [-0.15, -0.1) is 0 Å². The second-order valence-electron chi connectivity index (χ2n) is 5.71. The maximum absolute atomic E-state index is 12.7. The van der Waals surface area contributed by atoms with E-state index in [2.05, 4.69) is 31.3 Å². The molecule has 122 valence electrons. The van der Waals surface area contributed by atoms with Crippen LogP contribution in [0.1, 0.15) is 29.6 Å². The van der Waals surface area contributed by atoms with E-state index in [4.69, 9.17) is 0 Å². The highest BCUT2D eigenvalue weighted by Crippen LogP contribution is 2.23. The summed E-state index contributed by atoms with van der Waals surface area (Å²) in [5.74, 6) is 0.359. The number of hydrogen-bond acceptors (Lipinski definition) is 4. The Balaban J connectivity index is 1.68. The highest BCUT2D eigenvalue weighted by Gasteiger charge is 2.26. The standard InChI is InChI=1S/C15H18BrN5O2/c1-17-13(22)6-10-2-4-20(5-3-10)15(23)12-8-19-21-9-11(16)7-18-14(12)21/h7-10H,2-6H2,1H3,(H,17,22). The van der Waals surface area contributed by atoms with E-state index in [0.717, 1.165) is 17.3 Å². The summed E-state index contributed by atoms with van der Waals surface area (Å²) in [7, 11) is 1.65. The van der Waals surface area contributed by atoms with Gasteiger partial charge in [-0.25, -0.2) is 9.50 Å². The molecule has 0 aliphatic carbocycles. The van der Waals surface area contributed by atoms with Crippen LogP contribution in [0.15, 0.2) is 23.1 Å². The van der Waals surface area contributed by atoms with Crippen molar-refractivity contribution >= 4 is 33.4 Å². The second kappa shape index (κ2) is 6.66. The number of amides is 2. The van der Waals surface area contributed by atoms with Gasteiger partial charge in [0.1, 0.15) is 5.56 Å². The van der Waals surface area contributed by atoms with Crippen LogP contribution in [0.4, 0.5) is 0 Å². The van der Waals surface area contributed by atoms with E-state index in [9.17, 15) is 9.59 Å². The van der Waals surface area contributed by atoms with E-state index in [1.165, 1.54) is 0 Å². The Morgan fingerprint density at radius 1 is 1.35 bits per heavy atom. The van der Waals surface area contributed by atoms with Crippen LogP contribution >= 0.6 is 15.9 Å². The third-order valence-corrected chi connectivity index (χ3v) is 4.62. The number of nitrogens with zero attached hydrogens (tertiary/aromatic N) is 4. The maximum atomic E-state index is 12.7. The van der Waals surface area contributed by atoms with E-state index in [1.54, 1.807) is 30.2 Å². The lowest BCUT2D eigenvalue weighted by atomic mass is 9.93. The predicted molar refractivity (Wildman–Crippen MR) is 88.0 cm³/mol. The van der Waals surface area contributed by atoms with Gasteiger partial charge in [0, 0.05) is 39.0 Å². The third-order valence-electron chi connectivity index (χ3n) is 4.21. The molecular weight excluding hydrogens is 362 g/mol. The maximum Gasteiger partial charge on any atom is 0.259 e. The molecular formula is C15H18BrN5O2. The van der Waals surface area contributed by atoms with Crippen LogP contribution in [0, 0.1) is 5.92 Å². The van der Waals surface area contributed by atoms with Crippen LogP contribution in [0.5, 0.6) is 0 Å². The largest absolute Gasteiger partial charge is 0.359 e. The summed E-state index contributed by atoms with van der Waals surface area (Å²) < 4.78 is 2.40. The molecule has 0 bridgehead atoms. The van der Waals surface area contributed by atoms with Gasteiger partial charge in [-0.2, -0.15) is 5.10 Å². The summed E-state index contributed by atoms with van der Waals surface area (Å²) in [6.45, 7) is 1.32. The Morgan fingerprint density at radius 2 is 2.09 bits per heavy atom.